The molecule has 0 spiro atoms. The largest absolute Gasteiger partial charge is 0.508 e. The second kappa shape index (κ2) is 10.4. The highest BCUT2D eigenvalue weighted by Crippen LogP contribution is 2.21. The smallest absolute Gasteiger partial charge is 0.251 e. The molecule has 0 heterocycles. The summed E-state index contributed by atoms with van der Waals surface area (Å²) >= 11 is 0. The Hall–Kier alpha value is -2.91. The minimum Gasteiger partial charge on any atom is -0.508 e. The number of aromatic hydroxyl groups is 1. The van der Waals surface area contributed by atoms with E-state index in [-0.39, 0.29) is 34.1 Å². The van der Waals surface area contributed by atoms with Gasteiger partial charge in [0.1, 0.15) is 5.75 Å². The summed E-state index contributed by atoms with van der Waals surface area (Å²) in [4.78, 5) is 24.5. The van der Waals surface area contributed by atoms with E-state index in [2.05, 4.69) is 15.4 Å². The number of hydrogen-bond acceptors (Lipinski definition) is 5. The van der Waals surface area contributed by atoms with Crippen molar-refractivity contribution in [2.75, 3.05) is 13.1 Å². The average molecular weight is 446 g/mol. The van der Waals surface area contributed by atoms with Crippen LogP contribution in [0.15, 0.2) is 53.4 Å². The number of amides is 2. The summed E-state index contributed by atoms with van der Waals surface area (Å²) in [5, 5.41) is 14.9. The monoisotopic (exact) mass is 445 g/mol. The second-order valence-corrected chi connectivity index (χ2v) is 9.26. The molecule has 166 valence electrons. The molecule has 1 aliphatic rings. The number of phenolic OH excluding ortho intramolecular Hbond substituents is 1. The van der Waals surface area contributed by atoms with Gasteiger partial charge in [-0.3, -0.25) is 9.59 Å². The number of sulfonamides is 1. The number of nitrogens with one attached hydrogen (secondary N) is 3. The van der Waals surface area contributed by atoms with Crippen LogP contribution in [-0.4, -0.2) is 44.5 Å². The van der Waals surface area contributed by atoms with E-state index in [4.69, 9.17) is 0 Å². The van der Waals surface area contributed by atoms with Gasteiger partial charge in [0.15, 0.2) is 0 Å². The first-order valence-electron chi connectivity index (χ1n) is 10.3. The van der Waals surface area contributed by atoms with E-state index in [1.54, 1.807) is 24.3 Å². The molecule has 2 amide bonds. The first-order valence-corrected chi connectivity index (χ1v) is 11.8. The fourth-order valence-electron chi connectivity index (χ4n) is 3.48. The van der Waals surface area contributed by atoms with Gasteiger partial charge in [-0.1, -0.05) is 25.0 Å². The molecule has 0 saturated heterocycles. The van der Waals surface area contributed by atoms with Crippen LogP contribution in [0.25, 0.3) is 0 Å². The van der Waals surface area contributed by atoms with Gasteiger partial charge in [-0.25, -0.2) is 13.1 Å². The van der Waals surface area contributed by atoms with Crippen LogP contribution >= 0.6 is 0 Å². The SMILES string of the molecule is O=C(NCCCNC(=O)c1cccc(S(=O)(=O)NC2CCCC2)c1)c1cccc(O)c1. The molecule has 4 N–H and O–H groups in total. The van der Waals surface area contributed by atoms with Gasteiger partial charge in [0.05, 0.1) is 4.90 Å². The average Bonchev–Trinajstić information content (AvgIpc) is 3.25. The van der Waals surface area contributed by atoms with Gasteiger partial charge in [-0.15, -0.1) is 0 Å². The zero-order valence-corrected chi connectivity index (χ0v) is 18.0. The van der Waals surface area contributed by atoms with Gasteiger partial charge >= 0.3 is 0 Å². The number of rotatable bonds is 9. The maximum absolute atomic E-state index is 12.6. The molecule has 0 aromatic heterocycles. The predicted molar refractivity (Wildman–Crippen MR) is 116 cm³/mol. The summed E-state index contributed by atoms with van der Waals surface area (Å²) in [6.07, 6.45) is 4.20. The molecule has 0 atom stereocenters. The molecule has 0 aliphatic heterocycles. The molecule has 8 nitrogen and oxygen atoms in total. The lowest BCUT2D eigenvalue weighted by Gasteiger charge is -2.13. The highest BCUT2D eigenvalue weighted by Gasteiger charge is 2.23. The lowest BCUT2D eigenvalue weighted by molar-refractivity contribution is 0.0951. The van der Waals surface area contributed by atoms with Gasteiger partial charge in [0.2, 0.25) is 10.0 Å². The van der Waals surface area contributed by atoms with Gasteiger partial charge < -0.3 is 15.7 Å². The second-order valence-electron chi connectivity index (χ2n) is 7.55. The Labute approximate surface area is 182 Å². The molecule has 3 rings (SSSR count). The minimum absolute atomic E-state index is 0.0163. The van der Waals surface area contributed by atoms with E-state index < -0.39 is 10.0 Å². The maximum atomic E-state index is 12.6. The summed E-state index contributed by atoms with van der Waals surface area (Å²) in [6, 6.07) is 12.0. The number of carbonyl (C=O) groups excluding carboxylic acids is 2. The van der Waals surface area contributed by atoms with Crippen molar-refractivity contribution in [1.29, 1.82) is 0 Å². The summed E-state index contributed by atoms with van der Waals surface area (Å²) in [5.74, 6) is -0.672. The maximum Gasteiger partial charge on any atom is 0.251 e. The Bertz CT molecular complexity index is 1030. The highest BCUT2D eigenvalue weighted by molar-refractivity contribution is 7.89. The molecule has 31 heavy (non-hydrogen) atoms. The first kappa shape index (κ1) is 22.8. The van der Waals surface area contributed by atoms with E-state index in [1.807, 2.05) is 0 Å². The molecule has 9 heteroatoms. The van der Waals surface area contributed by atoms with Crippen LogP contribution in [0, 0.1) is 0 Å². The number of phenols is 1. The van der Waals surface area contributed by atoms with E-state index >= 15 is 0 Å². The predicted octanol–water partition coefficient (Wildman–Crippen LogP) is 2.16. The van der Waals surface area contributed by atoms with Gasteiger partial charge in [-0.05, 0) is 55.7 Å². The van der Waals surface area contributed by atoms with Crippen molar-refractivity contribution in [3.63, 3.8) is 0 Å². The zero-order chi connectivity index (χ0) is 22.3. The lowest BCUT2D eigenvalue weighted by Crippen LogP contribution is -2.33. The summed E-state index contributed by atoms with van der Waals surface area (Å²) in [5.41, 5.74) is 0.617. The molecule has 2 aromatic rings. The van der Waals surface area contributed by atoms with Gasteiger partial charge in [0.25, 0.3) is 11.8 Å². The van der Waals surface area contributed by atoms with E-state index in [0.29, 0.717) is 25.1 Å². The number of benzene rings is 2. The van der Waals surface area contributed by atoms with Crippen LogP contribution in [0.2, 0.25) is 0 Å². The third-order valence-electron chi connectivity index (χ3n) is 5.12. The van der Waals surface area contributed by atoms with E-state index in [1.165, 1.54) is 24.3 Å². The normalized spacial score (nSPS) is 14.3. The minimum atomic E-state index is -3.66. The Morgan fingerprint density at radius 3 is 2.10 bits per heavy atom. The summed E-state index contributed by atoms with van der Waals surface area (Å²) in [6.45, 7) is 0.658. The summed E-state index contributed by atoms with van der Waals surface area (Å²) in [7, 11) is -3.66. The van der Waals surface area contributed by atoms with Gasteiger partial charge in [0, 0.05) is 30.3 Å². The molecular formula is C22H27N3O5S. The van der Waals surface area contributed by atoms with Crippen LogP contribution < -0.4 is 15.4 Å². The first-order chi connectivity index (χ1) is 14.8. The van der Waals surface area contributed by atoms with Crippen molar-refractivity contribution in [2.45, 2.75) is 43.0 Å². The molecule has 1 aliphatic carbocycles. The number of carbonyl (C=O) groups is 2. The van der Waals surface area contributed by atoms with Crippen LogP contribution in [0.3, 0.4) is 0 Å². The van der Waals surface area contributed by atoms with E-state index in [9.17, 15) is 23.1 Å². The fourth-order valence-corrected chi connectivity index (χ4v) is 4.83. The van der Waals surface area contributed by atoms with Crippen LogP contribution in [0.4, 0.5) is 0 Å². The zero-order valence-electron chi connectivity index (χ0n) is 17.1. The molecular weight excluding hydrogens is 418 g/mol. The van der Waals surface area contributed by atoms with Crippen LogP contribution in [0.5, 0.6) is 5.75 Å². The quantitative estimate of drug-likeness (QED) is 0.440. The summed E-state index contributed by atoms with van der Waals surface area (Å²) < 4.78 is 27.8. The Kier molecular flexibility index (Phi) is 7.64. The topological polar surface area (TPSA) is 125 Å². The van der Waals surface area contributed by atoms with Crippen molar-refractivity contribution in [2.24, 2.45) is 0 Å². The van der Waals surface area contributed by atoms with Crippen molar-refractivity contribution in [1.82, 2.24) is 15.4 Å². The molecule has 0 unspecified atom stereocenters. The molecule has 2 aromatic carbocycles. The van der Waals surface area contributed by atoms with Crippen molar-refractivity contribution in [3.8, 4) is 5.75 Å². The van der Waals surface area contributed by atoms with Crippen molar-refractivity contribution >= 4 is 21.8 Å². The number of hydrogen-bond donors (Lipinski definition) is 4. The fraction of sp³-hybridized carbons (Fsp3) is 0.364. The standard InChI is InChI=1S/C22H27N3O5S/c26-19-10-3-6-16(14-19)21(27)23-12-5-13-24-22(28)17-7-4-11-20(15-17)31(29,30)25-18-8-1-2-9-18/h3-4,6-7,10-11,14-15,18,25-26H,1-2,5,8-9,12-13H2,(H,23,27)(H,24,28). The molecule has 1 fully saturated rings. The third-order valence-corrected chi connectivity index (χ3v) is 6.63. The Morgan fingerprint density at radius 1 is 0.903 bits per heavy atom. The van der Waals surface area contributed by atoms with Crippen LogP contribution in [0.1, 0.15) is 52.8 Å². The lowest BCUT2D eigenvalue weighted by atomic mass is 10.2. The third kappa shape index (κ3) is 6.53. The molecule has 0 radical (unpaired) electrons. The van der Waals surface area contributed by atoms with Crippen molar-refractivity contribution in [3.05, 3.63) is 59.7 Å². The Morgan fingerprint density at radius 2 is 1.48 bits per heavy atom. The highest BCUT2D eigenvalue weighted by atomic mass is 32.2. The Balaban J connectivity index is 1.46. The molecule has 0 bridgehead atoms. The van der Waals surface area contributed by atoms with Crippen LogP contribution in [-0.2, 0) is 10.0 Å². The molecule has 1 saturated carbocycles. The van der Waals surface area contributed by atoms with Gasteiger partial charge in [-0.2, -0.15) is 0 Å². The van der Waals surface area contributed by atoms with Crippen molar-refractivity contribution < 1.29 is 23.1 Å². The van der Waals surface area contributed by atoms with E-state index in [0.717, 1.165) is 25.7 Å².